The number of benzene rings is 6. The molecule has 0 atom stereocenters. The molecule has 0 saturated heterocycles. The molecule has 6 aromatic rings. The minimum Gasteiger partial charge on any atom is -0.309 e. The number of hydrogen-bond acceptors (Lipinski definition) is 1. The van der Waals surface area contributed by atoms with Crippen molar-refractivity contribution in [2.45, 2.75) is 13.8 Å². The average molecular weight is 569 g/mol. The summed E-state index contributed by atoms with van der Waals surface area (Å²) in [7, 11) is -3.25. The summed E-state index contributed by atoms with van der Waals surface area (Å²) < 4.78 is 13.9. The van der Waals surface area contributed by atoms with Gasteiger partial charge in [0.25, 0.3) is 0 Å². The standard InChI is InChI=1S/C19H17OP.C19H17P/c1-16-12-14-19(15-13-16)21(20,17-8-4-2-5-9-17)18-10-6-3-7-11-18;1-16-12-14-19(15-13-16)20(17-8-4-2-5-9-17)18-10-6-3-7-11-18/h2-15H,1H3;2-15H,1H3. The Labute approximate surface area is 245 Å². The van der Waals surface area contributed by atoms with Gasteiger partial charge in [0.15, 0.2) is 7.14 Å². The Morgan fingerprint density at radius 1 is 0.366 bits per heavy atom. The molecule has 3 heteroatoms. The van der Waals surface area contributed by atoms with Gasteiger partial charge < -0.3 is 4.57 Å². The van der Waals surface area contributed by atoms with E-state index >= 15 is 0 Å². The third-order valence-electron chi connectivity index (χ3n) is 6.96. The third-order valence-corrected chi connectivity index (χ3v) is 12.5. The molecule has 0 saturated carbocycles. The Balaban J connectivity index is 0.000000165. The Bertz CT molecular complexity index is 1600. The van der Waals surface area contributed by atoms with E-state index in [1.54, 1.807) is 0 Å². The Morgan fingerprint density at radius 3 is 1.05 bits per heavy atom. The van der Waals surface area contributed by atoms with Crippen LogP contribution in [0.25, 0.3) is 0 Å². The van der Waals surface area contributed by atoms with Crippen molar-refractivity contribution in [3.05, 3.63) is 181 Å². The fourth-order valence-electron chi connectivity index (χ4n) is 4.77. The van der Waals surface area contributed by atoms with Gasteiger partial charge in [0.1, 0.15) is 0 Å². The second-order valence-electron chi connectivity index (χ2n) is 9.96. The molecule has 0 fully saturated rings. The van der Waals surface area contributed by atoms with Gasteiger partial charge in [0.2, 0.25) is 0 Å². The summed E-state index contributed by atoms with van der Waals surface area (Å²) in [6.45, 7) is 4.18. The second-order valence-corrected chi connectivity index (χ2v) is 14.9. The molecule has 0 amide bonds. The van der Waals surface area contributed by atoms with Crippen LogP contribution in [0, 0.1) is 13.8 Å². The van der Waals surface area contributed by atoms with Crippen LogP contribution in [0.2, 0.25) is 0 Å². The quantitative estimate of drug-likeness (QED) is 0.192. The van der Waals surface area contributed by atoms with Gasteiger partial charge in [-0.15, -0.1) is 0 Å². The molecule has 0 spiro atoms. The van der Waals surface area contributed by atoms with E-state index in [4.69, 9.17) is 0 Å². The summed E-state index contributed by atoms with van der Waals surface area (Å²) in [6, 6.07) is 58.0. The van der Waals surface area contributed by atoms with Crippen molar-refractivity contribution >= 4 is 46.9 Å². The molecule has 0 aliphatic rings. The lowest BCUT2D eigenvalue weighted by atomic mass is 10.2. The van der Waals surface area contributed by atoms with E-state index in [2.05, 4.69) is 91.9 Å². The minimum absolute atomic E-state index is 0.458. The van der Waals surface area contributed by atoms with E-state index in [0.717, 1.165) is 15.9 Å². The first kappa shape index (κ1) is 28.5. The molecule has 1 nitrogen and oxygen atoms in total. The maximum absolute atomic E-state index is 13.9. The summed E-state index contributed by atoms with van der Waals surface area (Å²) in [5.74, 6) is 0. The zero-order valence-electron chi connectivity index (χ0n) is 23.5. The number of rotatable bonds is 6. The van der Waals surface area contributed by atoms with E-state index < -0.39 is 15.1 Å². The molecule has 6 rings (SSSR count). The third kappa shape index (κ3) is 6.83. The zero-order chi connectivity index (χ0) is 28.5. The molecule has 0 N–H and O–H groups in total. The van der Waals surface area contributed by atoms with E-state index in [1.165, 1.54) is 27.0 Å². The molecule has 0 aliphatic heterocycles. The van der Waals surface area contributed by atoms with Crippen molar-refractivity contribution in [2.24, 2.45) is 0 Å². The highest BCUT2D eigenvalue weighted by molar-refractivity contribution is 7.85. The van der Waals surface area contributed by atoms with E-state index in [1.807, 2.05) is 91.9 Å². The molecule has 0 unspecified atom stereocenters. The highest BCUT2D eigenvalue weighted by Crippen LogP contribution is 2.42. The molecule has 0 aliphatic carbocycles. The van der Waals surface area contributed by atoms with E-state index in [-0.39, 0.29) is 0 Å². The monoisotopic (exact) mass is 568 g/mol. The van der Waals surface area contributed by atoms with Crippen molar-refractivity contribution in [3.8, 4) is 0 Å². The van der Waals surface area contributed by atoms with Crippen LogP contribution in [0.1, 0.15) is 11.1 Å². The highest BCUT2D eigenvalue weighted by Gasteiger charge is 2.29. The van der Waals surface area contributed by atoms with Crippen LogP contribution >= 0.6 is 15.1 Å². The van der Waals surface area contributed by atoms with Crippen LogP contribution in [0.3, 0.4) is 0 Å². The van der Waals surface area contributed by atoms with Crippen molar-refractivity contribution in [2.75, 3.05) is 0 Å². The number of hydrogen-bond donors (Lipinski definition) is 0. The van der Waals surface area contributed by atoms with Crippen molar-refractivity contribution < 1.29 is 4.57 Å². The summed E-state index contributed by atoms with van der Waals surface area (Å²) in [6.07, 6.45) is 0. The Kier molecular flexibility index (Phi) is 9.43. The summed E-state index contributed by atoms with van der Waals surface area (Å²) >= 11 is 0. The van der Waals surface area contributed by atoms with Crippen LogP contribution in [-0.4, -0.2) is 0 Å². The highest BCUT2D eigenvalue weighted by atomic mass is 31.2. The molecule has 6 aromatic carbocycles. The molecule has 0 aromatic heterocycles. The SMILES string of the molecule is Cc1ccc(P(=O)(c2ccccc2)c2ccccc2)cc1.Cc1ccc(P(c2ccccc2)c2ccccc2)cc1. The first-order valence-corrected chi connectivity index (χ1v) is 16.9. The largest absolute Gasteiger partial charge is 0.309 e. The zero-order valence-corrected chi connectivity index (χ0v) is 25.3. The van der Waals surface area contributed by atoms with Crippen molar-refractivity contribution in [3.63, 3.8) is 0 Å². The van der Waals surface area contributed by atoms with Crippen LogP contribution in [0.5, 0.6) is 0 Å². The lowest BCUT2D eigenvalue weighted by Crippen LogP contribution is -2.24. The average Bonchev–Trinajstić information content (AvgIpc) is 3.04. The van der Waals surface area contributed by atoms with Gasteiger partial charge in [-0.05, 0) is 37.7 Å². The Morgan fingerprint density at radius 2 is 0.659 bits per heavy atom. The normalized spacial score (nSPS) is 11.0. The van der Waals surface area contributed by atoms with Crippen molar-refractivity contribution in [1.29, 1.82) is 0 Å². The molecular weight excluding hydrogens is 534 g/mol. The lowest BCUT2D eigenvalue weighted by molar-refractivity contribution is 0.592. The smallest absolute Gasteiger partial charge is 0.171 e. The molecule has 0 heterocycles. The van der Waals surface area contributed by atoms with E-state index in [9.17, 15) is 4.57 Å². The lowest BCUT2D eigenvalue weighted by Gasteiger charge is -2.20. The molecule has 202 valence electrons. The van der Waals surface area contributed by atoms with Gasteiger partial charge >= 0.3 is 0 Å². The molecule has 0 bridgehead atoms. The topological polar surface area (TPSA) is 17.1 Å². The predicted octanol–water partition coefficient (Wildman–Crippen LogP) is 7.39. The van der Waals surface area contributed by atoms with Crippen LogP contribution < -0.4 is 31.8 Å². The van der Waals surface area contributed by atoms with Crippen LogP contribution in [0.15, 0.2) is 170 Å². The van der Waals surface area contributed by atoms with Gasteiger partial charge in [0, 0.05) is 15.9 Å². The first-order chi connectivity index (χ1) is 20.1. The van der Waals surface area contributed by atoms with Gasteiger partial charge in [-0.2, -0.15) is 0 Å². The fourth-order valence-corrected chi connectivity index (χ4v) is 9.70. The van der Waals surface area contributed by atoms with Crippen LogP contribution in [0.4, 0.5) is 0 Å². The van der Waals surface area contributed by atoms with Gasteiger partial charge in [-0.25, -0.2) is 0 Å². The Hall–Kier alpha value is -4.02. The summed E-state index contributed by atoms with van der Waals surface area (Å²) in [5, 5.41) is 6.84. The van der Waals surface area contributed by atoms with Gasteiger partial charge in [-0.3, -0.25) is 0 Å². The summed E-state index contributed by atoms with van der Waals surface area (Å²) in [4.78, 5) is 0. The summed E-state index contributed by atoms with van der Waals surface area (Å²) in [5.41, 5.74) is 2.48. The predicted molar refractivity (Wildman–Crippen MR) is 180 cm³/mol. The van der Waals surface area contributed by atoms with Gasteiger partial charge in [0.05, 0.1) is 0 Å². The first-order valence-electron chi connectivity index (χ1n) is 13.8. The van der Waals surface area contributed by atoms with Crippen LogP contribution in [-0.2, 0) is 4.57 Å². The maximum atomic E-state index is 13.9. The second kappa shape index (κ2) is 13.6. The number of aryl methyl sites for hydroxylation is 2. The fraction of sp³-hybridized carbons (Fsp3) is 0.0526. The molecule has 0 radical (unpaired) electrons. The minimum atomic E-state index is -2.80. The van der Waals surface area contributed by atoms with Crippen molar-refractivity contribution in [1.82, 2.24) is 0 Å². The maximum Gasteiger partial charge on any atom is 0.171 e. The molecular formula is C38H34OP2. The van der Waals surface area contributed by atoms with Gasteiger partial charge in [-0.1, -0.05) is 181 Å². The van der Waals surface area contributed by atoms with E-state index in [0.29, 0.717) is 0 Å². The molecule has 41 heavy (non-hydrogen) atoms.